The van der Waals surface area contributed by atoms with Crippen LogP contribution in [0.5, 0.6) is 0 Å². The summed E-state index contributed by atoms with van der Waals surface area (Å²) in [6.45, 7) is 0. The number of rotatable bonds is 2. The molecule has 2 aromatic rings. The summed E-state index contributed by atoms with van der Waals surface area (Å²) in [6, 6.07) is 20.3. The second kappa shape index (κ2) is 5.99. The van der Waals surface area contributed by atoms with E-state index in [-0.39, 0.29) is 0 Å². The SMILES string of the molecule is N#CC(=C(Br)Br)c1ccc(-c2ccccc2)cc1. The molecule has 2 rings (SSSR count). The number of allylic oxidation sites excluding steroid dienone is 1. The van der Waals surface area contributed by atoms with Gasteiger partial charge in [0.15, 0.2) is 0 Å². The van der Waals surface area contributed by atoms with Crippen molar-refractivity contribution < 1.29 is 0 Å². The molecule has 0 aliphatic rings. The van der Waals surface area contributed by atoms with Gasteiger partial charge in [-0.05, 0) is 48.6 Å². The summed E-state index contributed by atoms with van der Waals surface area (Å²) in [5.74, 6) is 0. The van der Waals surface area contributed by atoms with E-state index in [1.807, 2.05) is 42.5 Å². The van der Waals surface area contributed by atoms with Gasteiger partial charge in [-0.2, -0.15) is 5.26 Å². The molecule has 0 aliphatic carbocycles. The van der Waals surface area contributed by atoms with E-state index >= 15 is 0 Å². The Morgan fingerprint density at radius 2 is 1.39 bits per heavy atom. The molecule has 0 aromatic heterocycles. The number of nitriles is 1. The molecule has 0 bridgehead atoms. The van der Waals surface area contributed by atoms with E-state index in [9.17, 15) is 0 Å². The van der Waals surface area contributed by atoms with E-state index in [4.69, 9.17) is 5.26 Å². The van der Waals surface area contributed by atoms with Gasteiger partial charge in [0.05, 0.1) is 8.96 Å². The third-order valence-electron chi connectivity index (χ3n) is 2.58. The molecule has 2 aromatic carbocycles. The molecule has 0 N–H and O–H groups in total. The van der Waals surface area contributed by atoms with Gasteiger partial charge < -0.3 is 0 Å². The number of halogens is 2. The molecular formula is C15H9Br2N. The highest BCUT2D eigenvalue weighted by molar-refractivity contribution is 9.28. The summed E-state index contributed by atoms with van der Waals surface area (Å²) in [7, 11) is 0. The second-order valence-corrected chi connectivity index (χ2v) is 6.34. The zero-order valence-electron chi connectivity index (χ0n) is 9.40. The Morgan fingerprint density at radius 3 is 1.89 bits per heavy atom. The van der Waals surface area contributed by atoms with Gasteiger partial charge in [0, 0.05) is 0 Å². The minimum atomic E-state index is 0.592. The topological polar surface area (TPSA) is 23.8 Å². The lowest BCUT2D eigenvalue weighted by Crippen LogP contribution is -1.83. The zero-order valence-corrected chi connectivity index (χ0v) is 12.6. The summed E-state index contributed by atoms with van der Waals surface area (Å²) >= 11 is 6.55. The van der Waals surface area contributed by atoms with Crippen molar-refractivity contribution in [3.05, 3.63) is 63.6 Å². The molecule has 0 saturated carbocycles. The summed E-state index contributed by atoms with van der Waals surface area (Å²) in [5.41, 5.74) is 3.79. The van der Waals surface area contributed by atoms with Gasteiger partial charge in [0.25, 0.3) is 0 Å². The van der Waals surface area contributed by atoms with Crippen LogP contribution in [0.15, 0.2) is 58.0 Å². The van der Waals surface area contributed by atoms with Crippen LogP contribution in [0.2, 0.25) is 0 Å². The van der Waals surface area contributed by atoms with Crippen LogP contribution in [-0.2, 0) is 0 Å². The highest BCUT2D eigenvalue weighted by Gasteiger charge is 2.05. The summed E-state index contributed by atoms with van der Waals surface area (Å²) in [5, 5.41) is 9.07. The number of hydrogen-bond donors (Lipinski definition) is 0. The van der Waals surface area contributed by atoms with E-state index in [0.717, 1.165) is 11.1 Å². The molecule has 88 valence electrons. The summed E-state index contributed by atoms with van der Waals surface area (Å²) in [4.78, 5) is 0. The molecule has 1 nitrogen and oxygen atoms in total. The second-order valence-electron chi connectivity index (χ2n) is 3.69. The maximum atomic E-state index is 9.07. The lowest BCUT2D eigenvalue weighted by atomic mass is 10.0. The standard InChI is InChI=1S/C15H9Br2N/c16-15(17)14(10-18)13-8-6-12(7-9-13)11-4-2-1-3-5-11/h1-9H. The molecule has 0 spiro atoms. The van der Waals surface area contributed by atoms with Crippen molar-refractivity contribution in [1.29, 1.82) is 5.26 Å². The number of nitrogens with zero attached hydrogens (tertiary/aromatic N) is 1. The Hall–Kier alpha value is -1.37. The molecule has 0 heterocycles. The molecular weight excluding hydrogens is 354 g/mol. The van der Waals surface area contributed by atoms with Crippen molar-refractivity contribution >= 4 is 37.4 Å². The predicted molar refractivity (Wildman–Crippen MR) is 82.3 cm³/mol. The van der Waals surface area contributed by atoms with E-state index in [0.29, 0.717) is 8.96 Å². The van der Waals surface area contributed by atoms with Gasteiger partial charge in [0.1, 0.15) is 6.07 Å². The number of hydrogen-bond acceptors (Lipinski definition) is 1. The van der Waals surface area contributed by atoms with Crippen LogP contribution >= 0.6 is 31.9 Å². The van der Waals surface area contributed by atoms with E-state index in [1.165, 1.54) is 5.56 Å². The van der Waals surface area contributed by atoms with Crippen molar-refractivity contribution in [2.45, 2.75) is 0 Å². The maximum absolute atomic E-state index is 9.07. The molecule has 0 saturated heterocycles. The van der Waals surface area contributed by atoms with E-state index in [2.05, 4.69) is 50.1 Å². The molecule has 0 unspecified atom stereocenters. The van der Waals surface area contributed by atoms with E-state index in [1.54, 1.807) is 0 Å². The van der Waals surface area contributed by atoms with Crippen molar-refractivity contribution in [3.63, 3.8) is 0 Å². The summed E-state index contributed by atoms with van der Waals surface area (Å²) < 4.78 is 0.671. The molecule has 0 amide bonds. The first-order valence-electron chi connectivity index (χ1n) is 5.33. The monoisotopic (exact) mass is 361 g/mol. The Bertz CT molecular complexity index is 603. The van der Waals surface area contributed by atoms with Gasteiger partial charge in [-0.3, -0.25) is 0 Å². The Morgan fingerprint density at radius 1 is 0.833 bits per heavy atom. The van der Waals surface area contributed by atoms with Crippen LogP contribution < -0.4 is 0 Å². The molecule has 0 fully saturated rings. The third kappa shape index (κ3) is 2.90. The molecule has 3 heteroatoms. The minimum absolute atomic E-state index is 0.592. The molecule has 0 atom stereocenters. The maximum Gasteiger partial charge on any atom is 0.102 e. The third-order valence-corrected chi connectivity index (χ3v) is 3.37. The van der Waals surface area contributed by atoms with Crippen molar-refractivity contribution in [2.24, 2.45) is 0 Å². The Labute approximate surface area is 123 Å². The van der Waals surface area contributed by atoms with Crippen molar-refractivity contribution in [3.8, 4) is 17.2 Å². The number of benzene rings is 2. The normalized spacial score (nSPS) is 9.61. The first kappa shape index (κ1) is 13.1. The summed E-state index contributed by atoms with van der Waals surface area (Å²) in [6.07, 6.45) is 0. The van der Waals surface area contributed by atoms with Crippen LogP contribution in [0.3, 0.4) is 0 Å². The molecule has 0 radical (unpaired) electrons. The average molecular weight is 363 g/mol. The van der Waals surface area contributed by atoms with Gasteiger partial charge in [0.2, 0.25) is 0 Å². The van der Waals surface area contributed by atoms with Crippen molar-refractivity contribution in [1.82, 2.24) is 0 Å². The molecule has 0 aliphatic heterocycles. The van der Waals surface area contributed by atoms with Crippen LogP contribution in [0, 0.1) is 11.3 Å². The first-order valence-corrected chi connectivity index (χ1v) is 6.92. The van der Waals surface area contributed by atoms with Crippen LogP contribution in [0.1, 0.15) is 5.56 Å². The van der Waals surface area contributed by atoms with Crippen LogP contribution in [-0.4, -0.2) is 0 Å². The highest BCUT2D eigenvalue weighted by atomic mass is 79.9. The Kier molecular flexibility index (Phi) is 4.35. The highest BCUT2D eigenvalue weighted by Crippen LogP contribution is 2.28. The smallest absolute Gasteiger partial charge is 0.102 e. The average Bonchev–Trinajstić information content (AvgIpc) is 2.41. The van der Waals surface area contributed by atoms with Gasteiger partial charge >= 0.3 is 0 Å². The fourth-order valence-electron chi connectivity index (χ4n) is 1.68. The van der Waals surface area contributed by atoms with Gasteiger partial charge in [-0.1, -0.05) is 54.6 Å². The molecule has 18 heavy (non-hydrogen) atoms. The van der Waals surface area contributed by atoms with Gasteiger partial charge in [-0.15, -0.1) is 0 Å². The first-order chi connectivity index (χ1) is 8.72. The van der Waals surface area contributed by atoms with Crippen LogP contribution in [0.25, 0.3) is 16.7 Å². The van der Waals surface area contributed by atoms with E-state index < -0.39 is 0 Å². The largest absolute Gasteiger partial charge is 0.192 e. The zero-order chi connectivity index (χ0) is 13.0. The quantitative estimate of drug-likeness (QED) is 0.662. The predicted octanol–water partition coefficient (Wildman–Crippen LogP) is 5.34. The minimum Gasteiger partial charge on any atom is -0.192 e. The van der Waals surface area contributed by atoms with Crippen LogP contribution in [0.4, 0.5) is 0 Å². The lowest BCUT2D eigenvalue weighted by molar-refractivity contribution is 1.52. The lowest BCUT2D eigenvalue weighted by Gasteiger charge is -2.04. The fourth-order valence-corrected chi connectivity index (χ4v) is 2.31. The fraction of sp³-hybridized carbons (Fsp3) is 0. The van der Waals surface area contributed by atoms with Gasteiger partial charge in [-0.25, -0.2) is 0 Å². The van der Waals surface area contributed by atoms with Crippen molar-refractivity contribution in [2.75, 3.05) is 0 Å². The Balaban J connectivity index is 2.38.